The highest BCUT2D eigenvalue weighted by Gasteiger charge is 2.22. The first kappa shape index (κ1) is 27.4. The number of rotatable bonds is 12. The highest BCUT2D eigenvalue weighted by atomic mass is 16.3. The van der Waals surface area contributed by atoms with Crippen molar-refractivity contribution in [1.82, 2.24) is 10.6 Å². The van der Waals surface area contributed by atoms with E-state index >= 15 is 0 Å². The number of nitrogens with zero attached hydrogens (tertiary/aromatic N) is 1. The van der Waals surface area contributed by atoms with Gasteiger partial charge in [0.2, 0.25) is 12.3 Å². The van der Waals surface area contributed by atoms with Crippen LogP contribution in [0.4, 0.5) is 5.69 Å². The molecule has 0 aliphatic carbocycles. The summed E-state index contributed by atoms with van der Waals surface area (Å²) in [4.78, 5) is 23.4. The van der Waals surface area contributed by atoms with E-state index < -0.39 is 11.6 Å². The highest BCUT2D eigenvalue weighted by molar-refractivity contribution is 5.79. The maximum atomic E-state index is 12.6. The third kappa shape index (κ3) is 8.17. The average molecular weight is 501 g/mol. The second-order valence-corrected chi connectivity index (χ2v) is 9.53. The van der Waals surface area contributed by atoms with Crippen LogP contribution in [0, 0.1) is 11.3 Å². The smallest absolute Gasteiger partial charge is 0.224 e. The molecular weight excluding hydrogens is 468 g/mol. The Morgan fingerprint density at radius 3 is 2.46 bits per heavy atom. The summed E-state index contributed by atoms with van der Waals surface area (Å²) in [6.45, 7) is 4.69. The number of hydrogen-bond acceptors (Lipinski definition) is 6. The van der Waals surface area contributed by atoms with Gasteiger partial charge in [-0.1, -0.05) is 42.5 Å². The van der Waals surface area contributed by atoms with Crippen molar-refractivity contribution in [3.8, 4) is 11.8 Å². The number of nitriles is 1. The molecule has 3 rings (SSSR count). The van der Waals surface area contributed by atoms with Crippen molar-refractivity contribution >= 4 is 18.0 Å². The SMILES string of the molecule is CC(C)(Cc1ccccc1CC(=O)NCc1ccc(C#N)cc1)NC[C@H](O)c1ccc(O)c(NC=O)c1. The van der Waals surface area contributed by atoms with E-state index in [0.717, 1.165) is 16.7 Å². The molecule has 0 unspecified atom stereocenters. The summed E-state index contributed by atoms with van der Waals surface area (Å²) in [6.07, 6.45) is 0.491. The molecule has 0 saturated heterocycles. The van der Waals surface area contributed by atoms with E-state index in [0.29, 0.717) is 30.5 Å². The van der Waals surface area contributed by atoms with Gasteiger partial charge in [0.05, 0.1) is 29.8 Å². The molecule has 8 heteroatoms. The number of aliphatic hydroxyl groups is 1. The fraction of sp³-hybridized carbons (Fsp3) is 0.276. The predicted molar refractivity (Wildman–Crippen MR) is 142 cm³/mol. The molecule has 0 radical (unpaired) electrons. The number of aliphatic hydroxyl groups excluding tert-OH is 1. The van der Waals surface area contributed by atoms with Gasteiger partial charge in [0, 0.05) is 18.6 Å². The lowest BCUT2D eigenvalue weighted by Gasteiger charge is -2.29. The van der Waals surface area contributed by atoms with Gasteiger partial charge in [-0.2, -0.15) is 5.26 Å². The van der Waals surface area contributed by atoms with Crippen molar-refractivity contribution in [2.45, 2.75) is 44.9 Å². The minimum Gasteiger partial charge on any atom is -0.506 e. The van der Waals surface area contributed by atoms with Crippen LogP contribution in [0.5, 0.6) is 5.75 Å². The van der Waals surface area contributed by atoms with Crippen molar-refractivity contribution in [2.24, 2.45) is 0 Å². The molecule has 0 bridgehead atoms. The standard InChI is InChI=1S/C29H32N4O4/c1-29(2,33-18-27(36)23-11-12-26(35)25(13-23)32-19-34)15-24-6-4-3-5-22(24)14-28(37)31-17-21-9-7-20(16-30)8-10-21/h3-13,19,27,33,35-36H,14-15,17-18H2,1-2H3,(H,31,37)(H,32,34)/t27-/m0/s1. The molecule has 8 nitrogen and oxygen atoms in total. The topological polar surface area (TPSA) is 134 Å². The zero-order valence-corrected chi connectivity index (χ0v) is 21.0. The van der Waals surface area contributed by atoms with Crippen LogP contribution >= 0.6 is 0 Å². The normalized spacial score (nSPS) is 11.8. The van der Waals surface area contributed by atoms with Gasteiger partial charge in [0.25, 0.3) is 0 Å². The summed E-state index contributed by atoms with van der Waals surface area (Å²) < 4.78 is 0. The maximum absolute atomic E-state index is 12.6. The maximum Gasteiger partial charge on any atom is 0.224 e. The molecule has 5 N–H and O–H groups in total. The van der Waals surface area contributed by atoms with Crippen LogP contribution in [0.3, 0.4) is 0 Å². The number of hydrogen-bond donors (Lipinski definition) is 5. The second-order valence-electron chi connectivity index (χ2n) is 9.53. The summed E-state index contributed by atoms with van der Waals surface area (Å²) in [6, 6.07) is 21.6. The second kappa shape index (κ2) is 12.7. The van der Waals surface area contributed by atoms with Crippen LogP contribution in [-0.4, -0.2) is 34.6 Å². The van der Waals surface area contributed by atoms with Crippen molar-refractivity contribution in [3.05, 3.63) is 94.5 Å². The summed E-state index contributed by atoms with van der Waals surface area (Å²) in [7, 11) is 0. The Balaban J connectivity index is 1.58. The molecule has 0 fully saturated rings. The van der Waals surface area contributed by atoms with Crippen LogP contribution in [-0.2, 0) is 29.0 Å². The molecule has 1 atom stereocenters. The van der Waals surface area contributed by atoms with Crippen LogP contribution in [0.15, 0.2) is 66.7 Å². The molecule has 3 aromatic carbocycles. The minimum absolute atomic E-state index is 0.0751. The monoisotopic (exact) mass is 500 g/mol. The fourth-order valence-electron chi connectivity index (χ4n) is 4.01. The summed E-state index contributed by atoms with van der Waals surface area (Å²) in [5.41, 5.74) is 3.87. The Morgan fingerprint density at radius 1 is 1.08 bits per heavy atom. The average Bonchev–Trinajstić information content (AvgIpc) is 2.89. The van der Waals surface area contributed by atoms with Crippen LogP contribution in [0.2, 0.25) is 0 Å². The van der Waals surface area contributed by atoms with Gasteiger partial charge in [0.15, 0.2) is 0 Å². The molecule has 192 valence electrons. The molecule has 37 heavy (non-hydrogen) atoms. The number of carbonyl (C=O) groups is 2. The molecule has 0 saturated carbocycles. The number of nitrogens with one attached hydrogen (secondary N) is 3. The zero-order valence-electron chi connectivity index (χ0n) is 21.0. The number of β-amino-alcohol motifs (C(OH)–C–C–N with tert-alkyl or cyclic N) is 1. The fourth-order valence-corrected chi connectivity index (χ4v) is 4.01. The van der Waals surface area contributed by atoms with Gasteiger partial charge in [0.1, 0.15) is 5.75 Å². The lowest BCUT2D eigenvalue weighted by atomic mass is 9.90. The van der Waals surface area contributed by atoms with Gasteiger partial charge in [-0.3, -0.25) is 9.59 Å². The van der Waals surface area contributed by atoms with E-state index in [2.05, 4.69) is 22.0 Å². The molecular formula is C29H32N4O4. The van der Waals surface area contributed by atoms with Crippen molar-refractivity contribution in [2.75, 3.05) is 11.9 Å². The predicted octanol–water partition coefficient (Wildman–Crippen LogP) is 3.34. The van der Waals surface area contributed by atoms with E-state index in [1.807, 2.05) is 50.2 Å². The van der Waals surface area contributed by atoms with Crippen molar-refractivity contribution < 1.29 is 19.8 Å². The highest BCUT2D eigenvalue weighted by Crippen LogP contribution is 2.27. The number of amides is 2. The Bertz CT molecular complexity index is 1270. The number of anilines is 1. The molecule has 0 aromatic heterocycles. The largest absolute Gasteiger partial charge is 0.506 e. The minimum atomic E-state index is -0.852. The molecule has 0 spiro atoms. The number of phenols is 1. The number of phenolic OH excluding ortho intramolecular Hbond substituents is 1. The van der Waals surface area contributed by atoms with E-state index in [9.17, 15) is 19.8 Å². The molecule has 0 heterocycles. The zero-order chi connectivity index (χ0) is 26.8. The van der Waals surface area contributed by atoms with Crippen molar-refractivity contribution in [3.63, 3.8) is 0 Å². The first-order valence-electron chi connectivity index (χ1n) is 12.0. The van der Waals surface area contributed by atoms with E-state index in [1.165, 1.54) is 12.1 Å². The molecule has 0 aliphatic rings. The van der Waals surface area contributed by atoms with Crippen LogP contribution in [0.1, 0.15) is 47.8 Å². The summed E-state index contributed by atoms with van der Waals surface area (Å²) in [5.74, 6) is -0.168. The van der Waals surface area contributed by atoms with Gasteiger partial charge in [-0.05, 0) is 66.8 Å². The number of carbonyl (C=O) groups excluding carboxylic acids is 2. The lowest BCUT2D eigenvalue weighted by molar-refractivity contribution is -0.120. The van der Waals surface area contributed by atoms with Crippen LogP contribution in [0.25, 0.3) is 0 Å². The summed E-state index contributed by atoms with van der Waals surface area (Å²) in [5, 5.41) is 38.1. The van der Waals surface area contributed by atoms with Crippen LogP contribution < -0.4 is 16.0 Å². The quantitative estimate of drug-likeness (QED) is 0.191. The molecule has 0 aliphatic heterocycles. The lowest BCUT2D eigenvalue weighted by Crippen LogP contribution is -2.43. The first-order chi connectivity index (χ1) is 17.7. The Morgan fingerprint density at radius 2 is 1.78 bits per heavy atom. The molecule has 2 amide bonds. The Hall–Kier alpha value is -4.19. The molecule has 3 aromatic rings. The van der Waals surface area contributed by atoms with Gasteiger partial charge < -0.3 is 26.2 Å². The van der Waals surface area contributed by atoms with E-state index in [-0.39, 0.29) is 30.3 Å². The number of benzene rings is 3. The third-order valence-corrected chi connectivity index (χ3v) is 6.07. The Kier molecular flexibility index (Phi) is 9.39. The van der Waals surface area contributed by atoms with Gasteiger partial charge >= 0.3 is 0 Å². The van der Waals surface area contributed by atoms with Gasteiger partial charge in [-0.25, -0.2) is 0 Å². The summed E-state index contributed by atoms with van der Waals surface area (Å²) >= 11 is 0. The van der Waals surface area contributed by atoms with Gasteiger partial charge in [-0.15, -0.1) is 0 Å². The first-order valence-corrected chi connectivity index (χ1v) is 12.0. The van der Waals surface area contributed by atoms with Crippen molar-refractivity contribution in [1.29, 1.82) is 5.26 Å². The Labute approximate surface area is 217 Å². The number of aromatic hydroxyl groups is 1. The third-order valence-electron chi connectivity index (χ3n) is 6.07. The van der Waals surface area contributed by atoms with E-state index in [1.54, 1.807) is 18.2 Å². The van der Waals surface area contributed by atoms with E-state index in [4.69, 9.17) is 5.26 Å².